The number of halogens is 5. The standard InChI is InChI=1S/C18H13ClF3NO7.C14H20ClNO2.C3H8NO5P.C3H9S/c1-2-28-16(24)9-29-17(25)12-8-11(4-5-14(12)23(26)27)30-15-6-3-10(7-13(15)19)18(20,21)22;1-4-12-8-6-7-11(3)14(12)16(10-18-5-2)13(17)9-15;5-3(6)1-4-2-10(7,8)9;1-4(2)3/h3-8H,2,9H2,1H3;6-8H,4-5,9-10H2,1-3H3;4H,1-2H2,(H,5,6)(H2,7,8,9);1-3H3/q;;;+1/p-1. The Morgan fingerprint density at radius 1 is 1.00 bits per heavy atom. The number of nitrogens with zero attached hydrogens (tertiary/aromatic N) is 2. The molecule has 62 heavy (non-hydrogen) atoms. The van der Waals surface area contributed by atoms with Gasteiger partial charge in [-0.25, -0.2) is 9.59 Å². The number of aliphatic carboxylic acids is 1. The van der Waals surface area contributed by atoms with E-state index in [0.717, 1.165) is 53.6 Å². The number of carbonyl (C=O) groups is 4. The molecule has 346 valence electrons. The SMILES string of the molecule is CCOC(=O)COC(=O)c1cc(Oc2ccc(C(F)(F)F)cc2Cl)ccc1[N+](=O)[O-].CCOCN(C(=O)CCl)c1c(C)cccc1CC.C[S+](C)C.O=C(O)CNCP(=O)([O-])O. The maximum atomic E-state index is 12.7. The van der Waals surface area contributed by atoms with E-state index >= 15 is 0 Å². The molecule has 0 saturated heterocycles. The van der Waals surface area contributed by atoms with Gasteiger partial charge in [-0.05, 0) is 73.5 Å². The number of nitro groups is 1. The van der Waals surface area contributed by atoms with Crippen LogP contribution in [0.1, 0.15) is 47.8 Å². The van der Waals surface area contributed by atoms with Gasteiger partial charge in [0.1, 0.15) is 37.3 Å². The molecule has 1 amide bonds. The van der Waals surface area contributed by atoms with E-state index in [0.29, 0.717) is 23.6 Å². The lowest BCUT2D eigenvalue weighted by Gasteiger charge is -2.25. The third-order valence-corrected chi connectivity index (χ3v) is 8.05. The lowest BCUT2D eigenvalue weighted by Crippen LogP contribution is -2.35. The van der Waals surface area contributed by atoms with Gasteiger partial charge in [0, 0.05) is 18.7 Å². The number of ether oxygens (including phenoxy) is 4. The topological polar surface area (TPSA) is 244 Å². The Balaban J connectivity index is 0.000000978. The highest BCUT2D eigenvalue weighted by atomic mass is 35.5. The number of carboxylic acid groups (broad SMARTS) is 1. The number of amides is 1. The lowest BCUT2D eigenvalue weighted by molar-refractivity contribution is -0.385. The van der Waals surface area contributed by atoms with Crippen molar-refractivity contribution in [3.63, 3.8) is 0 Å². The molecular formula is C38H49Cl2F3N3O14PS. The van der Waals surface area contributed by atoms with E-state index in [2.05, 4.69) is 30.4 Å². The molecule has 1 unspecified atom stereocenters. The molecule has 1 atom stereocenters. The third kappa shape index (κ3) is 23.1. The van der Waals surface area contributed by atoms with Gasteiger partial charge in [-0.2, -0.15) is 13.2 Å². The van der Waals surface area contributed by atoms with E-state index < -0.39 is 72.9 Å². The molecule has 24 heteroatoms. The number of hydrogen-bond acceptors (Lipinski definition) is 13. The van der Waals surface area contributed by atoms with Crippen LogP contribution in [0.25, 0.3) is 0 Å². The Labute approximate surface area is 369 Å². The van der Waals surface area contributed by atoms with Crippen molar-refractivity contribution in [2.24, 2.45) is 0 Å². The fraction of sp³-hybridized carbons (Fsp3) is 0.421. The molecular weight excluding hydrogens is 913 g/mol. The number of para-hydroxylation sites is 1. The molecule has 0 aliphatic rings. The maximum absolute atomic E-state index is 12.7. The molecule has 17 nitrogen and oxygen atoms in total. The highest BCUT2D eigenvalue weighted by Gasteiger charge is 2.31. The molecule has 0 aromatic heterocycles. The summed E-state index contributed by atoms with van der Waals surface area (Å²) in [7, 11) is -3.71. The number of benzene rings is 3. The molecule has 3 aromatic carbocycles. The first kappa shape index (κ1) is 57.5. The van der Waals surface area contributed by atoms with Gasteiger partial charge in [-0.3, -0.25) is 29.9 Å². The Kier molecular flexibility index (Phi) is 26.9. The third-order valence-electron chi connectivity index (χ3n) is 6.90. The number of rotatable bonds is 17. The molecule has 0 heterocycles. The summed E-state index contributed by atoms with van der Waals surface area (Å²) in [5.74, 6) is -3.70. The lowest BCUT2D eigenvalue weighted by atomic mass is 10.0. The zero-order valence-electron chi connectivity index (χ0n) is 34.8. The van der Waals surface area contributed by atoms with Crippen molar-refractivity contribution in [2.45, 2.75) is 40.3 Å². The summed E-state index contributed by atoms with van der Waals surface area (Å²) < 4.78 is 68.1. The number of carbonyl (C=O) groups excluding carboxylic acids is 3. The minimum atomic E-state index is -4.61. The van der Waals surface area contributed by atoms with Crippen molar-refractivity contribution in [1.29, 1.82) is 0 Å². The number of esters is 2. The average molecular weight is 963 g/mol. The van der Waals surface area contributed by atoms with Crippen LogP contribution in [0.15, 0.2) is 54.6 Å². The fourth-order valence-electron chi connectivity index (χ4n) is 4.40. The number of hydrogen-bond donors (Lipinski definition) is 3. The highest BCUT2D eigenvalue weighted by molar-refractivity contribution is 7.94. The second kappa shape index (κ2) is 29.0. The van der Waals surface area contributed by atoms with Crippen LogP contribution in [0.5, 0.6) is 11.5 Å². The predicted molar refractivity (Wildman–Crippen MR) is 227 cm³/mol. The van der Waals surface area contributed by atoms with E-state index in [1.54, 1.807) is 4.90 Å². The Hall–Kier alpha value is -4.47. The quantitative estimate of drug-likeness (QED) is 0.0247. The minimum absolute atomic E-state index is 0.0371. The second-order valence-electron chi connectivity index (χ2n) is 12.4. The van der Waals surface area contributed by atoms with Gasteiger partial charge in [0.25, 0.3) is 5.69 Å². The van der Waals surface area contributed by atoms with E-state index in [9.17, 15) is 51.9 Å². The smallest absolute Gasteiger partial charge is 0.416 e. The van der Waals surface area contributed by atoms with E-state index in [1.165, 1.54) is 6.92 Å². The van der Waals surface area contributed by atoms with Crippen LogP contribution < -0.4 is 19.8 Å². The van der Waals surface area contributed by atoms with Crippen LogP contribution in [-0.4, -0.2) is 103 Å². The van der Waals surface area contributed by atoms with Crippen molar-refractivity contribution < 1.29 is 75.7 Å². The van der Waals surface area contributed by atoms with Gasteiger partial charge in [0.15, 0.2) is 6.61 Å². The van der Waals surface area contributed by atoms with Crippen LogP contribution in [-0.2, 0) is 56.7 Å². The Morgan fingerprint density at radius 2 is 1.63 bits per heavy atom. The highest BCUT2D eigenvalue weighted by Crippen LogP contribution is 2.37. The van der Waals surface area contributed by atoms with Crippen molar-refractivity contribution in [3.8, 4) is 11.5 Å². The molecule has 0 radical (unpaired) electrons. The van der Waals surface area contributed by atoms with E-state index in [1.807, 2.05) is 37.4 Å². The largest absolute Gasteiger partial charge is 0.778 e. The molecule has 0 bridgehead atoms. The molecule has 0 aliphatic carbocycles. The number of alkyl halides is 4. The molecule has 3 N–H and O–H groups in total. The van der Waals surface area contributed by atoms with Crippen LogP contribution in [0.3, 0.4) is 0 Å². The van der Waals surface area contributed by atoms with Gasteiger partial charge in [0.2, 0.25) is 5.91 Å². The summed E-state index contributed by atoms with van der Waals surface area (Å²) in [6.45, 7) is 7.14. The van der Waals surface area contributed by atoms with E-state index in [4.69, 9.17) is 47.4 Å². The first-order chi connectivity index (χ1) is 28.8. The van der Waals surface area contributed by atoms with Crippen molar-refractivity contribution in [2.75, 3.05) is 68.9 Å². The van der Waals surface area contributed by atoms with Gasteiger partial charge in [-0.15, -0.1) is 11.6 Å². The van der Waals surface area contributed by atoms with E-state index in [-0.39, 0.29) is 41.6 Å². The predicted octanol–water partition coefficient (Wildman–Crippen LogP) is 6.56. The number of nitro benzene ring substituents is 1. The molecule has 3 aromatic rings. The summed E-state index contributed by atoms with van der Waals surface area (Å²) in [6, 6.07) is 11.4. The van der Waals surface area contributed by atoms with Gasteiger partial charge >= 0.3 is 24.1 Å². The number of nitrogens with one attached hydrogen (secondary N) is 1. The molecule has 0 saturated carbocycles. The van der Waals surface area contributed by atoms with Gasteiger partial charge in [0.05, 0.1) is 59.4 Å². The van der Waals surface area contributed by atoms with Crippen molar-refractivity contribution in [3.05, 3.63) is 92.0 Å². The molecule has 3 rings (SSSR count). The second-order valence-corrected chi connectivity index (χ2v) is 17.1. The van der Waals surface area contributed by atoms with Crippen LogP contribution in [0.4, 0.5) is 24.5 Å². The first-order valence-corrected chi connectivity index (χ1v) is 23.1. The summed E-state index contributed by atoms with van der Waals surface area (Å²) in [4.78, 5) is 75.1. The molecule has 0 fully saturated rings. The monoisotopic (exact) mass is 961 g/mol. The number of anilines is 1. The van der Waals surface area contributed by atoms with Crippen molar-refractivity contribution in [1.82, 2.24) is 5.32 Å². The first-order valence-electron chi connectivity index (χ1n) is 18.0. The van der Waals surface area contributed by atoms with Gasteiger partial charge < -0.3 is 38.4 Å². The molecule has 0 aliphatic heterocycles. The van der Waals surface area contributed by atoms with Gasteiger partial charge in [-0.1, -0.05) is 36.7 Å². The average Bonchev–Trinajstić information content (AvgIpc) is 3.17. The Morgan fingerprint density at radius 3 is 2.11 bits per heavy atom. The van der Waals surface area contributed by atoms with Crippen LogP contribution in [0, 0.1) is 17.0 Å². The zero-order chi connectivity index (χ0) is 47.8. The van der Waals surface area contributed by atoms with Crippen LogP contribution in [0.2, 0.25) is 5.02 Å². The summed E-state index contributed by atoms with van der Waals surface area (Å²) >= 11 is 11.5. The van der Waals surface area contributed by atoms with Crippen LogP contribution >= 0.6 is 30.8 Å². The fourth-order valence-corrected chi connectivity index (χ4v) is 5.16. The normalized spacial score (nSPS) is 11.5. The zero-order valence-corrected chi connectivity index (χ0v) is 38.0. The minimum Gasteiger partial charge on any atom is -0.778 e. The Bertz CT molecular complexity index is 1990. The maximum Gasteiger partial charge on any atom is 0.416 e. The molecule has 0 spiro atoms. The number of carboxylic acids is 1. The summed E-state index contributed by atoms with van der Waals surface area (Å²) in [5.41, 5.74) is 0.964. The van der Waals surface area contributed by atoms with Crippen molar-refractivity contribution >= 4 is 76.9 Å². The summed E-state index contributed by atoms with van der Waals surface area (Å²) in [5, 5.41) is 20.8. The summed E-state index contributed by atoms with van der Waals surface area (Å²) in [6.07, 6.45) is 2.14. The number of aryl methyl sites for hydroxylation is 2.